The lowest BCUT2D eigenvalue weighted by Crippen LogP contribution is -2.37. The van der Waals surface area contributed by atoms with Crippen molar-refractivity contribution in [2.45, 2.75) is 66.0 Å². The van der Waals surface area contributed by atoms with E-state index in [1.165, 1.54) is 18.5 Å². The van der Waals surface area contributed by atoms with Crippen molar-refractivity contribution in [2.24, 2.45) is 5.92 Å². The van der Waals surface area contributed by atoms with Gasteiger partial charge in [0, 0.05) is 24.7 Å². The molecule has 3 heteroatoms. The Morgan fingerprint density at radius 3 is 2.50 bits per heavy atom. The highest BCUT2D eigenvalue weighted by atomic mass is 15.3. The van der Waals surface area contributed by atoms with E-state index in [2.05, 4.69) is 57.3 Å². The van der Waals surface area contributed by atoms with Crippen LogP contribution in [0, 0.1) is 5.92 Å². The smallest absolute Gasteiger partial charge is 0.0640 e. The number of nitrogens with zero attached hydrogens (tertiary/aromatic N) is 2. The van der Waals surface area contributed by atoms with Gasteiger partial charge in [0.2, 0.25) is 0 Å². The second-order valence-corrected chi connectivity index (χ2v) is 5.52. The second-order valence-electron chi connectivity index (χ2n) is 5.52. The van der Waals surface area contributed by atoms with Crippen molar-refractivity contribution in [3.8, 4) is 0 Å². The molecule has 0 aromatic carbocycles. The van der Waals surface area contributed by atoms with E-state index in [-0.39, 0.29) is 0 Å². The van der Waals surface area contributed by atoms with E-state index in [9.17, 15) is 0 Å². The predicted molar refractivity (Wildman–Crippen MR) is 77.9 cm³/mol. The molecule has 1 N–H and O–H groups in total. The van der Waals surface area contributed by atoms with Crippen LogP contribution in [0.4, 0.5) is 0 Å². The summed E-state index contributed by atoms with van der Waals surface area (Å²) in [5.41, 5.74) is 1.21. The molecule has 1 heterocycles. The van der Waals surface area contributed by atoms with Gasteiger partial charge in [-0.15, -0.1) is 0 Å². The summed E-state index contributed by atoms with van der Waals surface area (Å²) in [7, 11) is 0. The Labute approximate surface area is 112 Å². The molecular formula is C15H29N3. The van der Waals surface area contributed by atoms with Crippen LogP contribution in [0.5, 0.6) is 0 Å². The largest absolute Gasteiger partial charge is 0.314 e. The Balaban J connectivity index is 2.63. The van der Waals surface area contributed by atoms with Crippen molar-refractivity contribution in [2.75, 3.05) is 6.54 Å². The SMILES string of the molecule is CCCC(C)C(Cc1ccn(C(C)C)n1)NCC. The van der Waals surface area contributed by atoms with Crippen LogP contribution in [0.25, 0.3) is 0 Å². The third-order valence-corrected chi connectivity index (χ3v) is 3.52. The minimum absolute atomic E-state index is 0.449. The van der Waals surface area contributed by atoms with E-state index in [1.54, 1.807) is 0 Å². The third-order valence-electron chi connectivity index (χ3n) is 3.52. The highest BCUT2D eigenvalue weighted by Crippen LogP contribution is 2.15. The van der Waals surface area contributed by atoms with Gasteiger partial charge in [-0.2, -0.15) is 5.10 Å². The van der Waals surface area contributed by atoms with E-state index >= 15 is 0 Å². The van der Waals surface area contributed by atoms with Crippen LogP contribution in [-0.2, 0) is 6.42 Å². The van der Waals surface area contributed by atoms with Gasteiger partial charge in [0.1, 0.15) is 0 Å². The number of hydrogen-bond donors (Lipinski definition) is 1. The summed E-state index contributed by atoms with van der Waals surface area (Å²) >= 11 is 0. The average molecular weight is 251 g/mol. The van der Waals surface area contributed by atoms with Crippen molar-refractivity contribution in [1.29, 1.82) is 0 Å². The van der Waals surface area contributed by atoms with Crippen LogP contribution in [-0.4, -0.2) is 22.4 Å². The highest BCUT2D eigenvalue weighted by molar-refractivity contribution is 5.02. The van der Waals surface area contributed by atoms with Gasteiger partial charge in [0.15, 0.2) is 0 Å². The maximum atomic E-state index is 4.65. The first-order valence-corrected chi connectivity index (χ1v) is 7.35. The van der Waals surface area contributed by atoms with Crippen molar-refractivity contribution in [3.63, 3.8) is 0 Å². The van der Waals surface area contributed by atoms with Gasteiger partial charge in [-0.05, 0) is 38.8 Å². The summed E-state index contributed by atoms with van der Waals surface area (Å²) in [5.74, 6) is 0.708. The van der Waals surface area contributed by atoms with Gasteiger partial charge < -0.3 is 5.32 Å². The van der Waals surface area contributed by atoms with E-state index in [0.717, 1.165) is 13.0 Å². The molecule has 104 valence electrons. The van der Waals surface area contributed by atoms with Crippen LogP contribution in [0.1, 0.15) is 59.2 Å². The minimum atomic E-state index is 0.449. The summed E-state index contributed by atoms with van der Waals surface area (Å²) in [4.78, 5) is 0. The molecule has 0 spiro atoms. The lowest BCUT2D eigenvalue weighted by molar-refractivity contribution is 0.354. The van der Waals surface area contributed by atoms with Gasteiger partial charge >= 0.3 is 0 Å². The van der Waals surface area contributed by atoms with Gasteiger partial charge in [-0.25, -0.2) is 0 Å². The Morgan fingerprint density at radius 2 is 2.00 bits per heavy atom. The molecule has 0 saturated carbocycles. The van der Waals surface area contributed by atoms with Crippen LogP contribution in [0.2, 0.25) is 0 Å². The first kappa shape index (κ1) is 15.2. The molecule has 2 atom stereocenters. The Kier molecular flexibility index (Phi) is 6.41. The Hall–Kier alpha value is -0.830. The monoisotopic (exact) mass is 251 g/mol. The summed E-state index contributed by atoms with van der Waals surface area (Å²) in [6, 6.07) is 3.15. The molecule has 3 nitrogen and oxygen atoms in total. The lowest BCUT2D eigenvalue weighted by atomic mass is 9.93. The normalized spacial score (nSPS) is 15.0. The van der Waals surface area contributed by atoms with Gasteiger partial charge in [0.05, 0.1) is 5.69 Å². The molecule has 0 amide bonds. The molecule has 0 bridgehead atoms. The first-order chi connectivity index (χ1) is 8.58. The number of hydrogen-bond acceptors (Lipinski definition) is 2. The van der Waals surface area contributed by atoms with Crippen LogP contribution in [0.3, 0.4) is 0 Å². The van der Waals surface area contributed by atoms with Crippen LogP contribution >= 0.6 is 0 Å². The molecule has 18 heavy (non-hydrogen) atoms. The molecule has 0 fully saturated rings. The fourth-order valence-corrected chi connectivity index (χ4v) is 2.39. The van der Waals surface area contributed by atoms with Gasteiger partial charge in [0.25, 0.3) is 0 Å². The van der Waals surface area contributed by atoms with Gasteiger partial charge in [-0.3, -0.25) is 4.68 Å². The number of aromatic nitrogens is 2. The maximum Gasteiger partial charge on any atom is 0.0640 e. The zero-order valence-corrected chi connectivity index (χ0v) is 12.6. The van der Waals surface area contributed by atoms with Crippen molar-refractivity contribution >= 4 is 0 Å². The highest BCUT2D eigenvalue weighted by Gasteiger charge is 2.17. The van der Waals surface area contributed by atoms with Crippen LogP contribution < -0.4 is 5.32 Å². The first-order valence-electron chi connectivity index (χ1n) is 7.35. The standard InChI is InChI=1S/C15H29N3/c1-6-8-13(5)15(16-7-2)11-14-9-10-18(17-14)12(3)4/h9-10,12-13,15-16H,6-8,11H2,1-5H3. The zero-order valence-electron chi connectivity index (χ0n) is 12.6. The topological polar surface area (TPSA) is 29.9 Å². The van der Waals surface area contributed by atoms with E-state index < -0.39 is 0 Å². The molecular weight excluding hydrogens is 222 g/mol. The molecule has 0 saturated heterocycles. The molecule has 1 aromatic rings. The third kappa shape index (κ3) is 4.45. The summed E-state index contributed by atoms with van der Waals surface area (Å²) in [6.07, 6.45) is 5.66. The van der Waals surface area contributed by atoms with E-state index in [0.29, 0.717) is 18.0 Å². The second kappa shape index (κ2) is 7.57. The molecule has 1 aromatic heterocycles. The maximum absolute atomic E-state index is 4.65. The fourth-order valence-electron chi connectivity index (χ4n) is 2.39. The Morgan fingerprint density at radius 1 is 1.28 bits per heavy atom. The van der Waals surface area contributed by atoms with Crippen molar-refractivity contribution < 1.29 is 0 Å². The molecule has 0 aliphatic rings. The summed E-state index contributed by atoms with van der Waals surface area (Å²) < 4.78 is 2.04. The van der Waals surface area contributed by atoms with Gasteiger partial charge in [-0.1, -0.05) is 27.2 Å². The van der Waals surface area contributed by atoms with Crippen molar-refractivity contribution in [3.05, 3.63) is 18.0 Å². The number of rotatable bonds is 8. The lowest BCUT2D eigenvalue weighted by Gasteiger charge is -2.23. The molecule has 0 radical (unpaired) electrons. The van der Waals surface area contributed by atoms with Crippen LogP contribution in [0.15, 0.2) is 12.3 Å². The predicted octanol–water partition coefficient (Wildman–Crippen LogP) is 3.42. The quantitative estimate of drug-likeness (QED) is 0.767. The zero-order chi connectivity index (χ0) is 13.5. The van der Waals surface area contributed by atoms with E-state index in [1.807, 2.05) is 4.68 Å². The molecule has 2 unspecified atom stereocenters. The van der Waals surface area contributed by atoms with Crippen molar-refractivity contribution in [1.82, 2.24) is 15.1 Å². The van der Waals surface area contributed by atoms with E-state index in [4.69, 9.17) is 0 Å². The molecule has 1 rings (SSSR count). The summed E-state index contributed by atoms with van der Waals surface area (Å²) in [5, 5.41) is 8.26. The number of nitrogens with one attached hydrogen (secondary N) is 1. The molecule has 0 aliphatic heterocycles. The molecule has 0 aliphatic carbocycles. The number of likely N-dealkylation sites (N-methyl/N-ethyl adjacent to an activating group) is 1. The minimum Gasteiger partial charge on any atom is -0.314 e. The Bertz CT molecular complexity index is 330. The average Bonchev–Trinajstić information content (AvgIpc) is 2.77. The fraction of sp³-hybridized carbons (Fsp3) is 0.800. The summed E-state index contributed by atoms with van der Waals surface area (Å²) in [6.45, 7) is 12.1.